The van der Waals surface area contributed by atoms with E-state index in [1.807, 2.05) is 32.0 Å². The van der Waals surface area contributed by atoms with Gasteiger partial charge in [-0.1, -0.05) is 50.4 Å². The number of hydrogen-bond donors (Lipinski definition) is 1. The number of benzene rings is 3. The van der Waals surface area contributed by atoms with Crippen LogP contribution < -0.4 is 10.1 Å². The van der Waals surface area contributed by atoms with Gasteiger partial charge in [-0.25, -0.2) is 36.7 Å². The Morgan fingerprint density at radius 3 is 2.44 bits per heavy atom. The molecule has 2 aromatic heterocycles. The number of anilines is 2. The molecule has 0 bridgehead atoms. The molecule has 0 fully saturated rings. The van der Waals surface area contributed by atoms with E-state index in [4.69, 9.17) is 39.1 Å². The third-order valence-corrected chi connectivity index (χ3v) is 10.9. The van der Waals surface area contributed by atoms with Gasteiger partial charge in [0.25, 0.3) is 0 Å². The average Bonchev–Trinajstić information content (AvgIpc) is 3.65. The number of sulfone groups is 1. The lowest BCUT2D eigenvalue weighted by Gasteiger charge is -2.22. The number of halogens is 2. The zero-order valence-corrected chi connectivity index (χ0v) is 34.3. The lowest BCUT2D eigenvalue weighted by molar-refractivity contribution is 0.00531. The normalized spacial score (nSPS) is 11.8. The molecule has 5 rings (SSSR count). The molecule has 0 aliphatic rings. The summed E-state index contributed by atoms with van der Waals surface area (Å²) in [6.45, 7) is 3.21. The van der Waals surface area contributed by atoms with Crippen molar-refractivity contribution in [1.82, 2.24) is 14.9 Å². The molecule has 1 N–H and O–H groups in total. The van der Waals surface area contributed by atoms with Crippen LogP contribution in [0.5, 0.6) is 5.75 Å². The maximum Gasteiger partial charge on any atom is 0.477 e. The van der Waals surface area contributed by atoms with Gasteiger partial charge in [-0.05, 0) is 79.1 Å². The number of unbranched alkanes of at least 4 members (excludes halogenated alkanes) is 2. The minimum absolute atomic E-state index is 0.136. The molecule has 0 saturated carbocycles. The average molecular weight is 847 g/mol. The summed E-state index contributed by atoms with van der Waals surface area (Å²) < 4.78 is 83.9. The first-order valence-electron chi connectivity index (χ1n) is 18.3. The second-order valence-corrected chi connectivity index (χ2v) is 17.3. The van der Waals surface area contributed by atoms with E-state index in [1.54, 1.807) is 42.5 Å². The van der Waals surface area contributed by atoms with E-state index in [0.29, 0.717) is 68.7 Å². The van der Waals surface area contributed by atoms with Crippen molar-refractivity contribution in [3.63, 3.8) is 0 Å². The Morgan fingerprint density at radius 1 is 0.965 bits per heavy atom. The summed E-state index contributed by atoms with van der Waals surface area (Å²) in [5.41, 5.74) is 2.62. The molecule has 2 heterocycles. The molecule has 0 radical (unpaired) electrons. The fraction of sp³-hybridized carbons (Fsp3) is 0.359. The van der Waals surface area contributed by atoms with Gasteiger partial charge in [0.1, 0.15) is 51.7 Å². The smallest absolute Gasteiger partial charge is 0.477 e. The van der Waals surface area contributed by atoms with Gasteiger partial charge in [-0.3, -0.25) is 13.9 Å². The molecule has 3 aromatic carbocycles. The van der Waals surface area contributed by atoms with E-state index in [2.05, 4.69) is 15.3 Å². The van der Waals surface area contributed by atoms with E-state index in [-0.39, 0.29) is 44.5 Å². The van der Waals surface area contributed by atoms with Crippen LogP contribution in [-0.2, 0) is 45.9 Å². The summed E-state index contributed by atoms with van der Waals surface area (Å²) in [6, 6.07) is 20.1. The standard InChI is InChI=1S/C39H45ClFN4O10PS/c1-4-6-18-52-56(47,53-19-7-5-2)54-27-51-39(46)45(17-20-57(3,48)49)24-32-13-16-36(55-32)29-11-14-35-33(22-29)38(43-26-42-35)44-31-12-15-37(34(40)23-31)50-25-28-9-8-10-30(41)21-28/h8-16,21-23,26H,4-7,17-20,24-25,27H2,1-3H3,(H,42,43,44). The fourth-order valence-electron chi connectivity index (χ4n) is 5.23. The van der Waals surface area contributed by atoms with Gasteiger partial charge in [-0.15, -0.1) is 0 Å². The van der Waals surface area contributed by atoms with Crippen molar-refractivity contribution in [1.29, 1.82) is 0 Å². The molecule has 0 atom stereocenters. The molecule has 18 heteroatoms. The molecule has 0 unspecified atom stereocenters. The molecule has 0 aliphatic heterocycles. The lowest BCUT2D eigenvalue weighted by atomic mass is 10.1. The number of furan rings is 1. The van der Waals surface area contributed by atoms with Crippen molar-refractivity contribution in [3.8, 4) is 17.1 Å². The van der Waals surface area contributed by atoms with Gasteiger partial charge in [0.2, 0.25) is 6.79 Å². The minimum atomic E-state index is -4.01. The predicted molar refractivity (Wildman–Crippen MR) is 215 cm³/mol. The first-order valence-corrected chi connectivity index (χ1v) is 22.2. The number of aromatic nitrogens is 2. The van der Waals surface area contributed by atoms with Crippen LogP contribution in [0.3, 0.4) is 0 Å². The van der Waals surface area contributed by atoms with Gasteiger partial charge in [0, 0.05) is 29.4 Å². The summed E-state index contributed by atoms with van der Waals surface area (Å²) in [4.78, 5) is 23.2. The highest BCUT2D eigenvalue weighted by molar-refractivity contribution is 7.90. The highest BCUT2D eigenvalue weighted by Crippen LogP contribution is 2.49. The molecular formula is C39H45ClFN4O10PS. The van der Waals surface area contributed by atoms with Gasteiger partial charge in [0.05, 0.1) is 36.1 Å². The third-order valence-electron chi connectivity index (χ3n) is 8.28. The fourth-order valence-corrected chi connectivity index (χ4v) is 7.13. The summed E-state index contributed by atoms with van der Waals surface area (Å²) in [7, 11) is -7.47. The van der Waals surface area contributed by atoms with Crippen LogP contribution in [0.4, 0.5) is 20.7 Å². The van der Waals surface area contributed by atoms with Crippen molar-refractivity contribution in [3.05, 3.63) is 101 Å². The molecule has 5 aromatic rings. The lowest BCUT2D eigenvalue weighted by Crippen LogP contribution is -2.35. The summed E-state index contributed by atoms with van der Waals surface area (Å²) in [6.07, 6.45) is 4.42. The molecule has 306 valence electrons. The number of hydrogen-bond acceptors (Lipinski definition) is 13. The van der Waals surface area contributed by atoms with E-state index in [9.17, 15) is 22.2 Å². The molecule has 0 saturated heterocycles. The number of nitrogens with zero attached hydrogens (tertiary/aromatic N) is 3. The van der Waals surface area contributed by atoms with Crippen LogP contribution >= 0.6 is 19.4 Å². The Kier molecular flexibility index (Phi) is 15.8. The van der Waals surface area contributed by atoms with E-state index < -0.39 is 30.5 Å². The van der Waals surface area contributed by atoms with Crippen LogP contribution in [0.15, 0.2) is 83.5 Å². The number of amides is 1. The van der Waals surface area contributed by atoms with E-state index >= 15 is 0 Å². The van der Waals surface area contributed by atoms with Crippen molar-refractivity contribution in [2.24, 2.45) is 0 Å². The van der Waals surface area contributed by atoms with E-state index in [0.717, 1.165) is 24.0 Å². The third kappa shape index (κ3) is 13.5. The van der Waals surface area contributed by atoms with Crippen molar-refractivity contribution in [2.75, 3.05) is 43.9 Å². The first-order chi connectivity index (χ1) is 27.3. The molecule has 0 aliphatic carbocycles. The Hall–Kier alpha value is -4.57. The Morgan fingerprint density at radius 2 is 1.74 bits per heavy atom. The summed E-state index contributed by atoms with van der Waals surface area (Å²) in [5, 5.41) is 4.28. The Balaban J connectivity index is 1.27. The largest absolute Gasteiger partial charge is 0.487 e. The van der Waals surface area contributed by atoms with Gasteiger partial charge in [0.15, 0.2) is 0 Å². The number of ether oxygens (including phenoxy) is 2. The number of nitrogens with one attached hydrogen (secondary N) is 1. The quantitative estimate of drug-likeness (QED) is 0.0397. The highest BCUT2D eigenvalue weighted by atomic mass is 35.5. The van der Waals surface area contributed by atoms with Crippen LogP contribution in [-0.4, -0.2) is 67.9 Å². The zero-order chi connectivity index (χ0) is 40.8. The molecular weight excluding hydrogens is 802 g/mol. The second kappa shape index (κ2) is 20.7. The number of carbonyl (C=O) groups excluding carboxylic acids is 1. The molecule has 0 spiro atoms. The number of rotatable bonds is 22. The molecule has 57 heavy (non-hydrogen) atoms. The second-order valence-electron chi connectivity index (χ2n) is 12.9. The molecule has 14 nitrogen and oxygen atoms in total. The maximum absolute atomic E-state index is 13.6. The number of phosphoric ester groups is 1. The first kappa shape index (κ1) is 43.6. The Bertz CT molecular complexity index is 2260. The van der Waals surface area contributed by atoms with Gasteiger partial charge < -0.3 is 19.2 Å². The predicted octanol–water partition coefficient (Wildman–Crippen LogP) is 9.70. The van der Waals surface area contributed by atoms with Crippen molar-refractivity contribution in [2.45, 2.75) is 52.7 Å². The summed E-state index contributed by atoms with van der Waals surface area (Å²) in [5.74, 6) is 1.02. The maximum atomic E-state index is 13.6. The van der Waals surface area contributed by atoms with Crippen molar-refractivity contribution >= 4 is 57.8 Å². The number of fused-ring (bicyclic) bond motifs is 1. The number of phosphoric acid groups is 1. The molecule has 1 amide bonds. The highest BCUT2D eigenvalue weighted by Gasteiger charge is 2.28. The van der Waals surface area contributed by atoms with Crippen LogP contribution in [0.1, 0.15) is 50.9 Å². The van der Waals surface area contributed by atoms with Crippen molar-refractivity contribution < 1.29 is 49.6 Å². The Labute approximate surface area is 336 Å². The number of carbonyl (C=O) groups is 1. The zero-order valence-electron chi connectivity index (χ0n) is 31.8. The SMILES string of the molecule is CCCCOP(=O)(OCCCC)OCOC(=O)N(CCS(C)(=O)=O)Cc1ccc(-c2ccc3ncnc(Nc4ccc(OCc5cccc(F)c5)c(Cl)c4)c3c2)o1. The minimum Gasteiger partial charge on any atom is -0.487 e. The van der Waals surface area contributed by atoms with E-state index in [1.165, 1.54) is 18.5 Å². The monoisotopic (exact) mass is 846 g/mol. The van der Waals surface area contributed by atoms with Crippen LogP contribution in [0.25, 0.3) is 22.2 Å². The van der Waals surface area contributed by atoms with Crippen LogP contribution in [0, 0.1) is 5.82 Å². The van der Waals surface area contributed by atoms with Gasteiger partial charge >= 0.3 is 13.9 Å². The van der Waals surface area contributed by atoms with Crippen LogP contribution in [0.2, 0.25) is 5.02 Å². The summed E-state index contributed by atoms with van der Waals surface area (Å²) >= 11 is 6.53. The van der Waals surface area contributed by atoms with Gasteiger partial charge in [-0.2, -0.15) is 0 Å². The topological polar surface area (TPSA) is 169 Å².